The molecule has 76 valence electrons. The number of hydrogen-bond acceptors (Lipinski definition) is 3. The summed E-state index contributed by atoms with van der Waals surface area (Å²) in [7, 11) is 1.86. The van der Waals surface area contributed by atoms with Crippen LogP contribution in [0.5, 0.6) is 11.6 Å². The van der Waals surface area contributed by atoms with Crippen LogP contribution in [0.2, 0.25) is 0 Å². The lowest BCUT2D eigenvalue weighted by Crippen LogP contribution is -1.91. The lowest BCUT2D eigenvalue weighted by Gasteiger charge is -2.05. The average molecular weight is 200 g/mol. The fourth-order valence-electron chi connectivity index (χ4n) is 1.23. The van der Waals surface area contributed by atoms with Crippen molar-refractivity contribution in [2.75, 3.05) is 12.4 Å². The summed E-state index contributed by atoms with van der Waals surface area (Å²) >= 11 is 0. The normalized spacial score (nSPS) is 9.67. The van der Waals surface area contributed by atoms with Gasteiger partial charge in [-0.1, -0.05) is 18.2 Å². The van der Waals surface area contributed by atoms with Crippen molar-refractivity contribution in [1.29, 1.82) is 0 Å². The van der Waals surface area contributed by atoms with E-state index in [4.69, 9.17) is 4.74 Å². The van der Waals surface area contributed by atoms with Crippen LogP contribution in [-0.2, 0) is 0 Å². The number of benzene rings is 1. The lowest BCUT2D eigenvalue weighted by atomic mass is 10.3. The number of nitrogens with one attached hydrogen (secondary N) is 1. The zero-order valence-corrected chi connectivity index (χ0v) is 8.47. The quantitative estimate of drug-likeness (QED) is 0.827. The van der Waals surface area contributed by atoms with Crippen molar-refractivity contribution in [2.24, 2.45) is 0 Å². The van der Waals surface area contributed by atoms with Crippen LogP contribution in [-0.4, -0.2) is 12.0 Å². The second-order valence-electron chi connectivity index (χ2n) is 3.05. The van der Waals surface area contributed by atoms with Gasteiger partial charge in [0.2, 0.25) is 5.88 Å². The van der Waals surface area contributed by atoms with Gasteiger partial charge in [0.25, 0.3) is 0 Å². The molecular formula is C12H12N2O. The summed E-state index contributed by atoms with van der Waals surface area (Å²) in [6, 6.07) is 13.3. The Bertz CT molecular complexity index is 429. The standard InChI is InChI=1S/C12H12N2O/c1-13-10-7-8-14-12(9-10)15-11-5-3-2-4-6-11/h2-9H,1H3,(H,13,14). The van der Waals surface area contributed by atoms with E-state index in [1.807, 2.05) is 49.5 Å². The van der Waals surface area contributed by atoms with Crippen molar-refractivity contribution < 1.29 is 4.74 Å². The minimum absolute atomic E-state index is 0.591. The minimum Gasteiger partial charge on any atom is -0.439 e. The first-order valence-electron chi connectivity index (χ1n) is 4.75. The molecule has 0 spiro atoms. The Morgan fingerprint density at radius 1 is 1.13 bits per heavy atom. The summed E-state index contributed by atoms with van der Waals surface area (Å²) in [6.07, 6.45) is 1.71. The average Bonchev–Trinajstić information content (AvgIpc) is 2.31. The molecule has 1 N–H and O–H groups in total. The molecule has 0 radical (unpaired) electrons. The smallest absolute Gasteiger partial charge is 0.221 e. The van der Waals surface area contributed by atoms with Gasteiger partial charge in [-0.25, -0.2) is 4.98 Å². The van der Waals surface area contributed by atoms with Gasteiger partial charge in [0, 0.05) is 25.0 Å². The molecule has 1 heterocycles. The van der Waals surface area contributed by atoms with Gasteiger partial charge in [-0.05, 0) is 18.2 Å². The SMILES string of the molecule is CNc1ccnc(Oc2ccccc2)c1. The zero-order valence-electron chi connectivity index (χ0n) is 8.47. The molecule has 0 atom stereocenters. The Hall–Kier alpha value is -2.03. The van der Waals surface area contributed by atoms with Gasteiger partial charge in [-0.2, -0.15) is 0 Å². The van der Waals surface area contributed by atoms with Gasteiger partial charge >= 0.3 is 0 Å². The maximum atomic E-state index is 5.57. The molecule has 0 aliphatic heterocycles. The number of rotatable bonds is 3. The molecule has 0 aliphatic rings. The Morgan fingerprint density at radius 3 is 2.67 bits per heavy atom. The second-order valence-corrected chi connectivity index (χ2v) is 3.05. The monoisotopic (exact) mass is 200 g/mol. The van der Waals surface area contributed by atoms with Crippen LogP contribution in [0.15, 0.2) is 48.7 Å². The molecule has 1 aromatic carbocycles. The molecule has 3 nitrogen and oxygen atoms in total. The third kappa shape index (κ3) is 2.47. The molecule has 0 amide bonds. The highest BCUT2D eigenvalue weighted by atomic mass is 16.5. The van der Waals surface area contributed by atoms with Gasteiger partial charge in [0.1, 0.15) is 5.75 Å². The molecule has 3 heteroatoms. The Morgan fingerprint density at radius 2 is 1.93 bits per heavy atom. The number of anilines is 1. The van der Waals surface area contributed by atoms with E-state index in [1.165, 1.54) is 0 Å². The van der Waals surface area contributed by atoms with Crippen molar-refractivity contribution in [3.05, 3.63) is 48.7 Å². The number of pyridine rings is 1. The summed E-state index contributed by atoms with van der Waals surface area (Å²) in [5.41, 5.74) is 0.982. The molecule has 0 saturated carbocycles. The highest BCUT2D eigenvalue weighted by molar-refractivity contribution is 5.45. The van der Waals surface area contributed by atoms with Gasteiger partial charge in [-0.3, -0.25) is 0 Å². The van der Waals surface area contributed by atoms with E-state index in [0.29, 0.717) is 5.88 Å². The van der Waals surface area contributed by atoms with Gasteiger partial charge < -0.3 is 10.1 Å². The minimum atomic E-state index is 0.591. The summed E-state index contributed by atoms with van der Waals surface area (Å²) in [5, 5.41) is 3.03. The summed E-state index contributed by atoms with van der Waals surface area (Å²) in [5.74, 6) is 1.38. The maximum Gasteiger partial charge on any atom is 0.221 e. The molecule has 2 aromatic rings. The topological polar surface area (TPSA) is 34.2 Å². The van der Waals surface area contributed by atoms with Gasteiger partial charge in [0.15, 0.2) is 0 Å². The first kappa shape index (κ1) is 9.52. The fraction of sp³-hybridized carbons (Fsp3) is 0.0833. The second kappa shape index (κ2) is 4.46. The Kier molecular flexibility index (Phi) is 2.83. The van der Waals surface area contributed by atoms with Crippen molar-refractivity contribution in [1.82, 2.24) is 4.98 Å². The van der Waals surface area contributed by atoms with Crippen LogP contribution in [0.3, 0.4) is 0 Å². The Balaban J connectivity index is 2.17. The highest BCUT2D eigenvalue weighted by Crippen LogP contribution is 2.20. The first-order chi connectivity index (χ1) is 7.38. The fourth-order valence-corrected chi connectivity index (χ4v) is 1.23. The van der Waals surface area contributed by atoms with Crippen molar-refractivity contribution in [2.45, 2.75) is 0 Å². The van der Waals surface area contributed by atoms with Crippen LogP contribution < -0.4 is 10.1 Å². The number of nitrogens with zero attached hydrogens (tertiary/aromatic N) is 1. The van der Waals surface area contributed by atoms with Crippen LogP contribution in [0.4, 0.5) is 5.69 Å². The number of ether oxygens (including phenoxy) is 1. The molecule has 2 rings (SSSR count). The molecule has 0 bridgehead atoms. The largest absolute Gasteiger partial charge is 0.439 e. The Labute approximate surface area is 88.7 Å². The summed E-state index contributed by atoms with van der Waals surface area (Å²) < 4.78 is 5.57. The molecule has 0 saturated heterocycles. The van der Waals surface area contributed by atoms with Crippen LogP contribution in [0.25, 0.3) is 0 Å². The molecule has 0 aliphatic carbocycles. The van der Waals surface area contributed by atoms with Crippen LogP contribution >= 0.6 is 0 Å². The van der Waals surface area contributed by atoms with Crippen molar-refractivity contribution in [3.63, 3.8) is 0 Å². The van der Waals surface area contributed by atoms with E-state index in [1.54, 1.807) is 6.20 Å². The third-order valence-corrected chi connectivity index (χ3v) is 1.99. The van der Waals surface area contributed by atoms with Crippen molar-refractivity contribution in [3.8, 4) is 11.6 Å². The number of aromatic nitrogens is 1. The third-order valence-electron chi connectivity index (χ3n) is 1.99. The maximum absolute atomic E-state index is 5.57. The van der Waals surface area contributed by atoms with E-state index in [0.717, 1.165) is 11.4 Å². The van der Waals surface area contributed by atoms with E-state index < -0.39 is 0 Å². The summed E-state index contributed by atoms with van der Waals surface area (Å²) in [4.78, 5) is 4.12. The number of hydrogen-bond donors (Lipinski definition) is 1. The molecular weight excluding hydrogens is 188 g/mol. The molecule has 15 heavy (non-hydrogen) atoms. The van der Waals surface area contributed by atoms with Crippen LogP contribution in [0.1, 0.15) is 0 Å². The summed E-state index contributed by atoms with van der Waals surface area (Å²) in [6.45, 7) is 0. The lowest BCUT2D eigenvalue weighted by molar-refractivity contribution is 0.463. The highest BCUT2D eigenvalue weighted by Gasteiger charge is 1.98. The van der Waals surface area contributed by atoms with E-state index in [9.17, 15) is 0 Å². The molecule has 1 aromatic heterocycles. The van der Waals surface area contributed by atoms with E-state index >= 15 is 0 Å². The first-order valence-corrected chi connectivity index (χ1v) is 4.75. The van der Waals surface area contributed by atoms with Gasteiger partial charge in [0.05, 0.1) is 0 Å². The zero-order chi connectivity index (χ0) is 10.5. The van der Waals surface area contributed by atoms with Crippen molar-refractivity contribution >= 4 is 5.69 Å². The number of para-hydroxylation sites is 1. The molecule has 0 fully saturated rings. The van der Waals surface area contributed by atoms with E-state index in [2.05, 4.69) is 10.3 Å². The predicted octanol–water partition coefficient (Wildman–Crippen LogP) is 2.92. The van der Waals surface area contributed by atoms with E-state index in [-0.39, 0.29) is 0 Å². The molecule has 0 unspecified atom stereocenters. The van der Waals surface area contributed by atoms with Crippen LogP contribution in [0, 0.1) is 0 Å². The predicted molar refractivity (Wildman–Crippen MR) is 60.3 cm³/mol. The van der Waals surface area contributed by atoms with Gasteiger partial charge in [-0.15, -0.1) is 0 Å².